The van der Waals surface area contributed by atoms with Crippen molar-refractivity contribution in [2.45, 2.75) is 13.3 Å². The van der Waals surface area contributed by atoms with Gasteiger partial charge in [0.2, 0.25) is 0 Å². The molecule has 84 valence electrons. The van der Waals surface area contributed by atoms with Crippen molar-refractivity contribution in [2.75, 3.05) is 6.61 Å². The summed E-state index contributed by atoms with van der Waals surface area (Å²) in [6.45, 7) is 1.99. The minimum absolute atomic E-state index is 0.107. The molecule has 1 N–H and O–H groups in total. The molecule has 0 aliphatic rings. The summed E-state index contributed by atoms with van der Waals surface area (Å²) in [5.74, 6) is 0.729. The van der Waals surface area contributed by atoms with E-state index in [-0.39, 0.29) is 6.61 Å². The van der Waals surface area contributed by atoms with Gasteiger partial charge in [0.05, 0.1) is 0 Å². The summed E-state index contributed by atoms with van der Waals surface area (Å²) >= 11 is 1.40. The van der Waals surface area contributed by atoms with Crippen LogP contribution in [0.15, 0.2) is 24.3 Å². The van der Waals surface area contributed by atoms with Gasteiger partial charge in [-0.15, -0.1) is 5.10 Å². The Morgan fingerprint density at radius 2 is 2.12 bits per heavy atom. The molecule has 0 saturated carbocycles. The topological polar surface area (TPSA) is 55.2 Å². The Balaban J connectivity index is 2.20. The summed E-state index contributed by atoms with van der Waals surface area (Å²) in [7, 11) is 0. The number of benzene rings is 1. The molecular weight excluding hydrogens is 224 g/mol. The summed E-state index contributed by atoms with van der Waals surface area (Å²) in [6, 6.07) is 7.61. The van der Waals surface area contributed by atoms with E-state index in [1.165, 1.54) is 11.3 Å². The van der Waals surface area contributed by atoms with Crippen molar-refractivity contribution in [2.24, 2.45) is 0 Å². The van der Waals surface area contributed by atoms with Crippen molar-refractivity contribution in [3.63, 3.8) is 0 Å². The van der Waals surface area contributed by atoms with Gasteiger partial charge in [-0.3, -0.25) is 0 Å². The first-order valence-electron chi connectivity index (χ1n) is 4.96. The molecule has 0 bridgehead atoms. The van der Waals surface area contributed by atoms with Crippen LogP contribution in [0.3, 0.4) is 0 Å². The first kappa shape index (κ1) is 11.0. The molecule has 2 rings (SSSR count). The third-order valence-electron chi connectivity index (χ3n) is 2.06. The van der Waals surface area contributed by atoms with E-state index in [1.54, 1.807) is 0 Å². The fourth-order valence-electron chi connectivity index (χ4n) is 1.34. The standard InChI is InChI=1S/C11H12N2O2S/c1-8-12-13-11(16-8)15-10-5-3-2-4-9(10)6-7-14/h2-5,14H,6-7H2,1H3. The Kier molecular flexibility index (Phi) is 3.48. The van der Waals surface area contributed by atoms with Crippen LogP contribution < -0.4 is 4.74 Å². The molecule has 1 heterocycles. The first-order valence-corrected chi connectivity index (χ1v) is 5.78. The zero-order valence-corrected chi connectivity index (χ0v) is 9.70. The van der Waals surface area contributed by atoms with Gasteiger partial charge < -0.3 is 9.84 Å². The number of aliphatic hydroxyl groups is 1. The molecular formula is C11H12N2O2S. The summed E-state index contributed by atoms with van der Waals surface area (Å²) in [4.78, 5) is 0. The van der Waals surface area contributed by atoms with Crippen molar-refractivity contribution in [1.29, 1.82) is 0 Å². The van der Waals surface area contributed by atoms with Gasteiger partial charge in [-0.25, -0.2) is 0 Å². The molecule has 5 heteroatoms. The highest BCUT2D eigenvalue weighted by Crippen LogP contribution is 2.27. The van der Waals surface area contributed by atoms with Crippen LogP contribution in [-0.2, 0) is 6.42 Å². The Morgan fingerprint density at radius 3 is 2.81 bits per heavy atom. The van der Waals surface area contributed by atoms with Crippen molar-refractivity contribution < 1.29 is 9.84 Å². The van der Waals surface area contributed by atoms with Gasteiger partial charge in [0, 0.05) is 6.61 Å². The van der Waals surface area contributed by atoms with E-state index < -0.39 is 0 Å². The van der Waals surface area contributed by atoms with Crippen molar-refractivity contribution in [3.05, 3.63) is 34.8 Å². The van der Waals surface area contributed by atoms with Crippen LogP contribution in [0, 0.1) is 6.92 Å². The molecule has 0 radical (unpaired) electrons. The molecule has 0 fully saturated rings. The van der Waals surface area contributed by atoms with Gasteiger partial charge in [0.1, 0.15) is 10.8 Å². The summed E-state index contributed by atoms with van der Waals surface area (Å²) in [5, 5.41) is 18.1. The number of aromatic nitrogens is 2. The van der Waals surface area contributed by atoms with E-state index in [1.807, 2.05) is 31.2 Å². The van der Waals surface area contributed by atoms with E-state index >= 15 is 0 Å². The van der Waals surface area contributed by atoms with Gasteiger partial charge in [0.25, 0.3) is 5.19 Å². The van der Waals surface area contributed by atoms with Gasteiger partial charge in [-0.05, 0) is 25.0 Å². The number of aryl methyl sites for hydroxylation is 1. The van der Waals surface area contributed by atoms with Crippen molar-refractivity contribution in [1.82, 2.24) is 10.2 Å². The van der Waals surface area contributed by atoms with Crippen LogP contribution in [0.2, 0.25) is 0 Å². The lowest BCUT2D eigenvalue weighted by molar-refractivity contribution is 0.298. The predicted octanol–water partition coefficient (Wildman–Crippen LogP) is 2.17. The lowest BCUT2D eigenvalue weighted by Crippen LogP contribution is -1.94. The Hall–Kier alpha value is -1.46. The number of nitrogens with zero attached hydrogens (tertiary/aromatic N) is 2. The largest absolute Gasteiger partial charge is 0.430 e. The van der Waals surface area contributed by atoms with Crippen LogP contribution in [-0.4, -0.2) is 21.9 Å². The van der Waals surface area contributed by atoms with Crippen LogP contribution >= 0.6 is 11.3 Å². The summed E-state index contributed by atoms with van der Waals surface area (Å²) in [5.41, 5.74) is 0.970. The highest BCUT2D eigenvalue weighted by atomic mass is 32.1. The van der Waals surface area contributed by atoms with Gasteiger partial charge in [-0.1, -0.05) is 34.6 Å². The monoisotopic (exact) mass is 236 g/mol. The fraction of sp³-hybridized carbons (Fsp3) is 0.273. The van der Waals surface area contributed by atoms with E-state index in [0.29, 0.717) is 11.6 Å². The molecule has 0 saturated heterocycles. The highest BCUT2D eigenvalue weighted by Gasteiger charge is 2.07. The van der Waals surface area contributed by atoms with Gasteiger partial charge >= 0.3 is 0 Å². The molecule has 0 atom stereocenters. The average Bonchev–Trinajstić information content (AvgIpc) is 2.67. The van der Waals surface area contributed by atoms with Crippen molar-refractivity contribution in [3.8, 4) is 10.9 Å². The number of aliphatic hydroxyl groups excluding tert-OH is 1. The number of para-hydroxylation sites is 1. The molecule has 0 amide bonds. The molecule has 0 unspecified atom stereocenters. The lowest BCUT2D eigenvalue weighted by atomic mass is 10.1. The second-order valence-corrected chi connectivity index (χ2v) is 4.41. The Morgan fingerprint density at radius 1 is 1.31 bits per heavy atom. The van der Waals surface area contributed by atoms with Gasteiger partial charge in [0.15, 0.2) is 0 Å². The minimum Gasteiger partial charge on any atom is -0.430 e. The number of hydrogen-bond acceptors (Lipinski definition) is 5. The third kappa shape index (κ3) is 2.56. The first-order chi connectivity index (χ1) is 7.79. The molecule has 1 aromatic heterocycles. The number of ether oxygens (including phenoxy) is 1. The molecule has 0 aliphatic heterocycles. The highest BCUT2D eigenvalue weighted by molar-refractivity contribution is 7.13. The summed E-state index contributed by atoms with van der Waals surface area (Å²) < 4.78 is 5.62. The Labute approximate surface area is 97.5 Å². The van der Waals surface area contributed by atoms with Crippen molar-refractivity contribution >= 4 is 11.3 Å². The maximum absolute atomic E-state index is 8.93. The molecule has 16 heavy (non-hydrogen) atoms. The van der Waals surface area contributed by atoms with Gasteiger partial charge in [-0.2, -0.15) is 0 Å². The molecule has 4 nitrogen and oxygen atoms in total. The second-order valence-electron chi connectivity index (χ2n) is 3.27. The maximum Gasteiger partial charge on any atom is 0.299 e. The smallest absolute Gasteiger partial charge is 0.299 e. The van der Waals surface area contributed by atoms with Crippen LogP contribution in [0.25, 0.3) is 0 Å². The quantitative estimate of drug-likeness (QED) is 0.884. The maximum atomic E-state index is 8.93. The predicted molar refractivity (Wildman–Crippen MR) is 62.0 cm³/mol. The van der Waals surface area contributed by atoms with Crippen LogP contribution in [0.5, 0.6) is 10.9 Å². The number of hydrogen-bond donors (Lipinski definition) is 1. The third-order valence-corrected chi connectivity index (χ3v) is 2.78. The van der Waals surface area contributed by atoms with E-state index in [4.69, 9.17) is 9.84 Å². The Bertz CT molecular complexity index is 471. The zero-order chi connectivity index (χ0) is 11.4. The van der Waals surface area contributed by atoms with E-state index in [9.17, 15) is 0 Å². The molecule has 0 spiro atoms. The SMILES string of the molecule is Cc1nnc(Oc2ccccc2CCO)s1. The zero-order valence-electron chi connectivity index (χ0n) is 8.88. The summed E-state index contributed by atoms with van der Waals surface area (Å²) in [6.07, 6.45) is 0.577. The minimum atomic E-state index is 0.107. The van der Waals surface area contributed by atoms with E-state index in [0.717, 1.165) is 16.3 Å². The molecule has 2 aromatic rings. The fourth-order valence-corrected chi connectivity index (χ4v) is 1.89. The van der Waals surface area contributed by atoms with Crippen LogP contribution in [0.4, 0.5) is 0 Å². The molecule has 0 aliphatic carbocycles. The lowest BCUT2D eigenvalue weighted by Gasteiger charge is -2.06. The molecule has 1 aromatic carbocycles. The average molecular weight is 236 g/mol. The normalized spacial score (nSPS) is 10.4. The van der Waals surface area contributed by atoms with E-state index in [2.05, 4.69) is 10.2 Å². The number of rotatable bonds is 4. The second kappa shape index (κ2) is 5.05. The van der Waals surface area contributed by atoms with Crippen LogP contribution in [0.1, 0.15) is 10.6 Å².